The van der Waals surface area contributed by atoms with Crippen molar-refractivity contribution in [2.75, 3.05) is 51.1 Å². The zero-order chi connectivity index (χ0) is 34.8. The number of aliphatic hydroxyl groups is 1. The van der Waals surface area contributed by atoms with Gasteiger partial charge >= 0.3 is 6.03 Å². The highest BCUT2D eigenvalue weighted by Crippen LogP contribution is 2.36. The summed E-state index contributed by atoms with van der Waals surface area (Å²) < 4.78 is 21.5. The van der Waals surface area contributed by atoms with E-state index in [2.05, 4.69) is 44.3 Å². The Bertz CT molecular complexity index is 1780. The average molecular weight is 684 g/mol. The molecule has 50 heavy (non-hydrogen) atoms. The Labute approximate surface area is 293 Å². The van der Waals surface area contributed by atoms with Crippen molar-refractivity contribution in [2.45, 2.75) is 65.1 Å². The van der Waals surface area contributed by atoms with Crippen molar-refractivity contribution < 1.29 is 19.0 Å². The first-order chi connectivity index (χ1) is 24.2. The summed E-state index contributed by atoms with van der Waals surface area (Å²) in [4.78, 5) is 29.9. The van der Waals surface area contributed by atoms with Crippen LogP contribution in [0.5, 0.6) is 5.75 Å². The van der Waals surface area contributed by atoms with Crippen LogP contribution in [0.25, 0.3) is 33.5 Å². The highest BCUT2D eigenvalue weighted by atomic mass is 19.1. The molecule has 0 radical (unpaired) electrons. The van der Waals surface area contributed by atoms with Crippen LogP contribution in [0.4, 0.5) is 14.9 Å². The predicted molar refractivity (Wildman–Crippen MR) is 195 cm³/mol. The second kappa shape index (κ2) is 15.0. The molecule has 2 aromatic heterocycles. The Kier molecular flexibility index (Phi) is 10.3. The number of piperidine rings is 2. The summed E-state index contributed by atoms with van der Waals surface area (Å²) in [6.07, 6.45) is 6.62. The van der Waals surface area contributed by atoms with E-state index in [0.717, 1.165) is 73.8 Å². The third-order valence-corrected chi connectivity index (χ3v) is 10.7. The Hall–Kier alpha value is -4.06. The van der Waals surface area contributed by atoms with Crippen molar-refractivity contribution in [2.24, 2.45) is 17.8 Å². The second-order valence-corrected chi connectivity index (χ2v) is 14.9. The maximum atomic E-state index is 15.1. The molecule has 266 valence electrons. The summed E-state index contributed by atoms with van der Waals surface area (Å²) >= 11 is 0. The number of anilines is 1. The Morgan fingerprint density at radius 3 is 2.56 bits per heavy atom. The third-order valence-electron chi connectivity index (χ3n) is 10.7. The van der Waals surface area contributed by atoms with Crippen LogP contribution in [0.1, 0.15) is 51.5 Å². The van der Waals surface area contributed by atoms with E-state index in [9.17, 15) is 9.90 Å². The number of halogens is 1. The highest BCUT2D eigenvalue weighted by Gasteiger charge is 2.34. The highest BCUT2D eigenvalue weighted by molar-refractivity contribution is 5.97. The van der Waals surface area contributed by atoms with Gasteiger partial charge < -0.3 is 35.3 Å². The molecule has 7 rings (SSSR count). The molecule has 2 atom stereocenters. The molecule has 3 aliphatic rings. The Balaban J connectivity index is 1.02. The fourth-order valence-corrected chi connectivity index (χ4v) is 7.96. The largest absolute Gasteiger partial charge is 0.490 e. The van der Waals surface area contributed by atoms with Gasteiger partial charge in [-0.15, -0.1) is 0 Å². The van der Waals surface area contributed by atoms with Crippen molar-refractivity contribution in [3.05, 3.63) is 60.2 Å². The van der Waals surface area contributed by atoms with Crippen LogP contribution in [0.2, 0.25) is 0 Å². The molecule has 5 heterocycles. The maximum Gasteiger partial charge on any atom is 0.321 e. The van der Waals surface area contributed by atoms with E-state index in [1.54, 1.807) is 4.90 Å². The van der Waals surface area contributed by atoms with Crippen molar-refractivity contribution in [1.29, 1.82) is 0 Å². The van der Waals surface area contributed by atoms with Gasteiger partial charge in [0.15, 0.2) is 0 Å². The number of rotatable bonds is 9. The lowest BCUT2D eigenvalue weighted by atomic mass is 9.95. The predicted octanol–water partition coefficient (Wildman–Crippen LogP) is 6.45. The van der Waals surface area contributed by atoms with Gasteiger partial charge in [0.2, 0.25) is 0 Å². The van der Waals surface area contributed by atoms with Crippen LogP contribution >= 0.6 is 0 Å². The molecule has 0 saturated carbocycles. The zero-order valence-electron chi connectivity index (χ0n) is 29.4. The van der Waals surface area contributed by atoms with Crippen molar-refractivity contribution in [3.8, 4) is 28.3 Å². The van der Waals surface area contributed by atoms with Crippen LogP contribution < -0.4 is 15.4 Å². The summed E-state index contributed by atoms with van der Waals surface area (Å²) in [5.41, 5.74) is 4.69. The molecule has 4 N–H and O–H groups in total. The number of carbonyl (C=O) groups excluding carboxylic acids is 1. The second-order valence-electron chi connectivity index (χ2n) is 14.9. The van der Waals surface area contributed by atoms with Crippen LogP contribution in [-0.2, 0) is 0 Å². The van der Waals surface area contributed by atoms with E-state index < -0.39 is 11.9 Å². The number of H-pyrrole nitrogens is 1. The molecule has 3 fully saturated rings. The first-order valence-corrected chi connectivity index (χ1v) is 18.3. The molecule has 4 aromatic rings. The van der Waals surface area contributed by atoms with Gasteiger partial charge in [0.1, 0.15) is 29.6 Å². The number of β-amino-alcohol motifs (C(OH)–C–C–N with tert-alkyl or cyclic N) is 1. The van der Waals surface area contributed by atoms with E-state index in [-0.39, 0.29) is 24.6 Å². The number of likely N-dealkylation sites (tertiary alicyclic amines) is 2. The van der Waals surface area contributed by atoms with Crippen molar-refractivity contribution in [3.63, 3.8) is 0 Å². The minimum Gasteiger partial charge on any atom is -0.490 e. The quantitative estimate of drug-likeness (QED) is 0.160. The molecule has 0 spiro atoms. The molecule has 10 nitrogen and oxygen atoms in total. The summed E-state index contributed by atoms with van der Waals surface area (Å²) in [7, 11) is 0. The fourth-order valence-electron chi connectivity index (χ4n) is 7.96. The zero-order valence-corrected chi connectivity index (χ0v) is 29.4. The van der Waals surface area contributed by atoms with Crippen LogP contribution in [0.15, 0.2) is 48.8 Å². The molecule has 2 amide bonds. The minimum atomic E-state index is -0.564. The maximum absolute atomic E-state index is 15.1. The normalized spacial score (nSPS) is 21.0. The van der Waals surface area contributed by atoms with Gasteiger partial charge in [0.25, 0.3) is 0 Å². The number of aromatic nitrogens is 3. The van der Waals surface area contributed by atoms with E-state index in [4.69, 9.17) is 4.74 Å². The molecule has 0 aliphatic carbocycles. The number of fused-ring (bicyclic) bond motifs is 1. The summed E-state index contributed by atoms with van der Waals surface area (Å²) in [6.45, 7) is 12.5. The molecule has 2 aromatic carbocycles. The number of hydrogen-bond donors (Lipinski definition) is 4. The number of nitrogens with one attached hydrogen (secondary N) is 3. The minimum absolute atomic E-state index is 0.0305. The number of ether oxygens (including phenoxy) is 1. The van der Waals surface area contributed by atoms with E-state index in [1.807, 2.05) is 37.3 Å². The number of nitrogens with zero attached hydrogens (tertiary/aromatic N) is 4. The lowest BCUT2D eigenvalue weighted by molar-refractivity contribution is 0.0873. The first-order valence-electron chi connectivity index (χ1n) is 18.3. The fraction of sp³-hybridized carbons (Fsp3) is 0.513. The lowest BCUT2D eigenvalue weighted by Crippen LogP contribution is -2.42. The van der Waals surface area contributed by atoms with Gasteiger partial charge in [-0.05, 0) is 118 Å². The van der Waals surface area contributed by atoms with Crippen LogP contribution in [-0.4, -0.2) is 93.9 Å². The number of aromatic amines is 1. The number of aliphatic hydroxyl groups excluding tert-OH is 1. The van der Waals surface area contributed by atoms with Gasteiger partial charge in [-0.3, -0.25) is 0 Å². The number of amides is 2. The summed E-state index contributed by atoms with van der Waals surface area (Å²) in [6, 6.07) is 12.5. The number of urea groups is 1. The van der Waals surface area contributed by atoms with Crippen LogP contribution in [0, 0.1) is 30.5 Å². The molecule has 11 heteroatoms. The SMILES string of the molecule is Cc1c(NC(=O)N2C[C@H](CC(C)C)[C@@H](O)C2)cc(F)cc1-c1ncnc2[nH]c(-c3ccc(OC4CCN(CC5CCNCC5)CC4)cc3)cc12. The Morgan fingerprint density at radius 2 is 1.82 bits per heavy atom. The monoisotopic (exact) mass is 683 g/mol. The lowest BCUT2D eigenvalue weighted by Gasteiger charge is -2.35. The topological polar surface area (TPSA) is 119 Å². The number of hydrogen-bond acceptors (Lipinski definition) is 7. The summed E-state index contributed by atoms with van der Waals surface area (Å²) in [5, 5.41) is 17.6. The molecule has 0 unspecified atom stereocenters. The molecule has 3 saturated heterocycles. The molecule has 0 bridgehead atoms. The van der Waals surface area contributed by atoms with Crippen molar-refractivity contribution >= 4 is 22.8 Å². The van der Waals surface area contributed by atoms with E-state index in [1.165, 1.54) is 37.8 Å². The van der Waals surface area contributed by atoms with Gasteiger partial charge in [0, 0.05) is 61.0 Å². The van der Waals surface area contributed by atoms with Gasteiger partial charge in [-0.1, -0.05) is 13.8 Å². The van der Waals surface area contributed by atoms with Gasteiger partial charge in [-0.25, -0.2) is 19.2 Å². The standard InChI is InChI=1S/C39H50FN7O3/c1-24(2)16-28-21-47(22-36(28)48)39(49)45-34-18-29(40)17-32(25(34)3)37-33-19-35(44-38(33)43-23-42-37)27-4-6-30(7-5-27)50-31-10-14-46(15-11-31)20-26-8-12-41-13-9-26/h4-7,17-19,23-24,26,28,31,36,41,48H,8-16,20-22H2,1-3H3,(H,45,49)(H,42,43,44)/t28-,36-/m0/s1. The number of carbonyl (C=O) groups is 1. The van der Waals surface area contributed by atoms with Gasteiger partial charge in [0.05, 0.1) is 11.8 Å². The third kappa shape index (κ3) is 7.80. The summed E-state index contributed by atoms with van der Waals surface area (Å²) in [5.74, 6) is 1.65. The van der Waals surface area contributed by atoms with E-state index >= 15 is 4.39 Å². The molecular weight excluding hydrogens is 633 g/mol. The molecular formula is C39H50FN7O3. The Morgan fingerprint density at radius 1 is 1.06 bits per heavy atom. The van der Waals surface area contributed by atoms with Crippen LogP contribution in [0.3, 0.4) is 0 Å². The first kappa shape index (κ1) is 34.4. The van der Waals surface area contributed by atoms with E-state index in [0.29, 0.717) is 40.6 Å². The van der Waals surface area contributed by atoms with Gasteiger partial charge in [-0.2, -0.15) is 0 Å². The smallest absolute Gasteiger partial charge is 0.321 e. The van der Waals surface area contributed by atoms with Crippen molar-refractivity contribution in [1.82, 2.24) is 30.1 Å². The molecule has 3 aliphatic heterocycles. The number of benzene rings is 2. The average Bonchev–Trinajstić information content (AvgIpc) is 3.71.